The predicted molar refractivity (Wildman–Crippen MR) is 93.1 cm³/mol. The highest BCUT2D eigenvalue weighted by molar-refractivity contribution is 9.10. The average molecular weight is 366 g/mol. The molecule has 0 radical (unpaired) electrons. The molecule has 1 saturated heterocycles. The molecule has 2 aromatic carbocycles. The Bertz CT molecular complexity index is 617. The second kappa shape index (κ2) is 6.39. The molecule has 2 aromatic rings. The Morgan fingerprint density at radius 3 is 2.71 bits per heavy atom. The summed E-state index contributed by atoms with van der Waals surface area (Å²) in [7, 11) is 0. The summed E-state index contributed by atoms with van der Waals surface area (Å²) in [6, 6.07) is 17.4. The first-order valence-electron chi connectivity index (χ1n) is 7.15. The van der Waals surface area contributed by atoms with E-state index in [0.29, 0.717) is 12.1 Å². The van der Waals surface area contributed by atoms with Crippen LogP contribution in [0.25, 0.3) is 0 Å². The van der Waals surface area contributed by atoms with Crippen molar-refractivity contribution in [3.8, 4) is 0 Å². The minimum atomic E-state index is 0.300. The zero-order valence-corrected chi connectivity index (χ0v) is 14.2. The summed E-state index contributed by atoms with van der Waals surface area (Å²) in [5.41, 5.74) is 2.40. The number of nitrogens with one attached hydrogen (secondary N) is 1. The molecule has 4 heteroatoms. The monoisotopic (exact) mass is 364 g/mol. The second-order valence-electron chi connectivity index (χ2n) is 5.48. The van der Waals surface area contributed by atoms with Gasteiger partial charge < -0.3 is 10.2 Å². The van der Waals surface area contributed by atoms with Crippen molar-refractivity contribution in [1.82, 2.24) is 5.32 Å². The van der Waals surface area contributed by atoms with Gasteiger partial charge in [0.15, 0.2) is 0 Å². The Labute approximate surface area is 139 Å². The zero-order valence-electron chi connectivity index (χ0n) is 11.9. The lowest BCUT2D eigenvalue weighted by molar-refractivity contribution is 0.416. The fraction of sp³-hybridized carbons (Fsp3) is 0.294. The van der Waals surface area contributed by atoms with E-state index in [1.54, 1.807) is 0 Å². The molecule has 0 spiro atoms. The SMILES string of the molecule is CC1CN(c2cc(Br)ccc2Cl)C(c2ccccc2)CN1. The summed E-state index contributed by atoms with van der Waals surface area (Å²) in [4.78, 5) is 2.41. The second-order valence-corrected chi connectivity index (χ2v) is 6.81. The van der Waals surface area contributed by atoms with E-state index in [2.05, 4.69) is 69.5 Å². The zero-order chi connectivity index (χ0) is 14.8. The first-order chi connectivity index (χ1) is 10.1. The Morgan fingerprint density at radius 1 is 1.19 bits per heavy atom. The van der Waals surface area contributed by atoms with Crippen LogP contribution in [0, 0.1) is 0 Å². The number of piperazine rings is 1. The summed E-state index contributed by atoms with van der Waals surface area (Å²) < 4.78 is 1.06. The molecular weight excluding hydrogens is 348 g/mol. The lowest BCUT2D eigenvalue weighted by Gasteiger charge is -2.41. The van der Waals surface area contributed by atoms with E-state index in [4.69, 9.17) is 11.6 Å². The van der Waals surface area contributed by atoms with Gasteiger partial charge in [-0.05, 0) is 30.7 Å². The number of nitrogens with zero attached hydrogens (tertiary/aromatic N) is 1. The molecule has 2 atom stereocenters. The molecule has 0 amide bonds. The van der Waals surface area contributed by atoms with Crippen LogP contribution in [0.1, 0.15) is 18.5 Å². The van der Waals surface area contributed by atoms with E-state index in [0.717, 1.165) is 28.3 Å². The van der Waals surface area contributed by atoms with Crippen LogP contribution in [-0.4, -0.2) is 19.1 Å². The normalized spacial score (nSPS) is 22.3. The molecule has 0 aromatic heterocycles. The number of rotatable bonds is 2. The highest BCUT2D eigenvalue weighted by Crippen LogP contribution is 2.36. The van der Waals surface area contributed by atoms with Crippen LogP contribution in [0.4, 0.5) is 5.69 Å². The van der Waals surface area contributed by atoms with Crippen molar-refractivity contribution in [2.45, 2.75) is 19.0 Å². The van der Waals surface area contributed by atoms with Gasteiger partial charge in [-0.2, -0.15) is 0 Å². The summed E-state index contributed by atoms with van der Waals surface area (Å²) in [6.07, 6.45) is 0. The number of halogens is 2. The molecule has 1 heterocycles. The van der Waals surface area contributed by atoms with Crippen molar-refractivity contribution < 1.29 is 0 Å². The fourth-order valence-corrected chi connectivity index (χ4v) is 3.43. The highest BCUT2D eigenvalue weighted by Gasteiger charge is 2.28. The first-order valence-corrected chi connectivity index (χ1v) is 8.32. The molecule has 1 aliphatic rings. The van der Waals surface area contributed by atoms with Crippen LogP contribution in [0.3, 0.4) is 0 Å². The Hall–Kier alpha value is -1.03. The van der Waals surface area contributed by atoms with Crippen molar-refractivity contribution >= 4 is 33.2 Å². The fourth-order valence-electron chi connectivity index (χ4n) is 2.85. The van der Waals surface area contributed by atoms with E-state index in [9.17, 15) is 0 Å². The third-order valence-electron chi connectivity index (χ3n) is 3.91. The lowest BCUT2D eigenvalue weighted by Crippen LogP contribution is -2.51. The minimum Gasteiger partial charge on any atom is -0.360 e. The molecule has 1 fully saturated rings. The minimum absolute atomic E-state index is 0.300. The van der Waals surface area contributed by atoms with Gasteiger partial charge >= 0.3 is 0 Å². The molecule has 0 saturated carbocycles. The van der Waals surface area contributed by atoms with E-state index in [-0.39, 0.29) is 0 Å². The Balaban J connectivity index is 2.00. The molecular formula is C17H18BrClN2. The van der Waals surface area contributed by atoms with Gasteiger partial charge in [-0.3, -0.25) is 0 Å². The Kier molecular flexibility index (Phi) is 4.53. The van der Waals surface area contributed by atoms with Crippen LogP contribution < -0.4 is 10.2 Å². The predicted octanol–water partition coefficient (Wildman–Crippen LogP) is 4.64. The average Bonchev–Trinajstić information content (AvgIpc) is 2.50. The molecule has 21 heavy (non-hydrogen) atoms. The van der Waals surface area contributed by atoms with Gasteiger partial charge in [0.05, 0.1) is 16.8 Å². The van der Waals surface area contributed by atoms with Gasteiger partial charge in [0.2, 0.25) is 0 Å². The van der Waals surface area contributed by atoms with Crippen molar-refractivity contribution in [1.29, 1.82) is 0 Å². The number of benzene rings is 2. The van der Waals surface area contributed by atoms with E-state index in [1.165, 1.54) is 5.56 Å². The van der Waals surface area contributed by atoms with E-state index >= 15 is 0 Å². The van der Waals surface area contributed by atoms with Gasteiger partial charge in [0, 0.05) is 23.6 Å². The molecule has 0 bridgehead atoms. The van der Waals surface area contributed by atoms with Gasteiger partial charge in [-0.1, -0.05) is 57.9 Å². The third-order valence-corrected chi connectivity index (χ3v) is 4.72. The van der Waals surface area contributed by atoms with Crippen LogP contribution >= 0.6 is 27.5 Å². The quantitative estimate of drug-likeness (QED) is 0.834. The molecule has 2 unspecified atom stereocenters. The topological polar surface area (TPSA) is 15.3 Å². The number of hydrogen-bond acceptors (Lipinski definition) is 2. The van der Waals surface area contributed by atoms with E-state index < -0.39 is 0 Å². The van der Waals surface area contributed by atoms with Crippen LogP contribution in [0.2, 0.25) is 5.02 Å². The van der Waals surface area contributed by atoms with Crippen LogP contribution in [0.15, 0.2) is 53.0 Å². The largest absolute Gasteiger partial charge is 0.360 e. The highest BCUT2D eigenvalue weighted by atomic mass is 79.9. The smallest absolute Gasteiger partial charge is 0.0668 e. The maximum Gasteiger partial charge on any atom is 0.0668 e. The maximum atomic E-state index is 6.45. The summed E-state index contributed by atoms with van der Waals surface area (Å²) in [5, 5.41) is 4.37. The third kappa shape index (κ3) is 3.25. The molecule has 2 nitrogen and oxygen atoms in total. The van der Waals surface area contributed by atoms with Gasteiger partial charge in [0.25, 0.3) is 0 Å². The van der Waals surface area contributed by atoms with Gasteiger partial charge in [0.1, 0.15) is 0 Å². The van der Waals surface area contributed by atoms with Gasteiger partial charge in [-0.15, -0.1) is 0 Å². The molecule has 3 rings (SSSR count). The number of hydrogen-bond donors (Lipinski definition) is 1. The van der Waals surface area contributed by atoms with Crippen LogP contribution in [0.5, 0.6) is 0 Å². The summed E-state index contributed by atoms with van der Waals surface area (Å²) >= 11 is 10.0. The lowest BCUT2D eigenvalue weighted by atomic mass is 10.0. The Morgan fingerprint density at radius 2 is 1.95 bits per heavy atom. The molecule has 110 valence electrons. The van der Waals surface area contributed by atoms with E-state index in [1.807, 2.05) is 12.1 Å². The number of anilines is 1. The van der Waals surface area contributed by atoms with Crippen LogP contribution in [-0.2, 0) is 0 Å². The molecule has 0 aliphatic carbocycles. The van der Waals surface area contributed by atoms with Gasteiger partial charge in [-0.25, -0.2) is 0 Å². The maximum absolute atomic E-state index is 6.45. The summed E-state index contributed by atoms with van der Waals surface area (Å²) in [6.45, 7) is 4.07. The molecule has 1 aliphatic heterocycles. The standard InChI is InChI=1S/C17H18BrClN2/c1-12-11-21(16-9-14(18)7-8-15(16)19)17(10-20-12)13-5-3-2-4-6-13/h2-9,12,17,20H,10-11H2,1H3. The first kappa shape index (κ1) is 14.9. The van der Waals surface area contributed by atoms with Crippen molar-refractivity contribution in [2.24, 2.45) is 0 Å². The molecule has 1 N–H and O–H groups in total. The van der Waals surface area contributed by atoms with Crippen molar-refractivity contribution in [3.05, 3.63) is 63.6 Å². The summed E-state index contributed by atoms with van der Waals surface area (Å²) in [5.74, 6) is 0. The van der Waals surface area contributed by atoms with Crippen molar-refractivity contribution in [2.75, 3.05) is 18.0 Å². The van der Waals surface area contributed by atoms with Crippen molar-refractivity contribution in [3.63, 3.8) is 0 Å².